The zero-order valence-electron chi connectivity index (χ0n) is 16.9. The Morgan fingerprint density at radius 3 is 2.16 bits per heavy atom. The van der Waals surface area contributed by atoms with Gasteiger partial charge in [-0.1, -0.05) is 12.1 Å². The molecule has 0 radical (unpaired) electrons. The van der Waals surface area contributed by atoms with E-state index in [-0.39, 0.29) is 16.8 Å². The maximum Gasteiger partial charge on any atom is 0.417 e. The highest BCUT2D eigenvalue weighted by atomic mass is 19.4. The number of hydrogen-bond donors (Lipinski definition) is 0. The van der Waals surface area contributed by atoms with E-state index in [1.54, 1.807) is 11.9 Å². The summed E-state index contributed by atoms with van der Waals surface area (Å²) in [5.74, 6) is -1.24. The Morgan fingerprint density at radius 1 is 1.03 bits per heavy atom. The number of nitrogens with zero attached hydrogens (tertiary/aromatic N) is 2. The molecule has 0 unspecified atom stereocenters. The molecule has 168 valence electrons. The maximum atomic E-state index is 13.7. The molecule has 0 saturated heterocycles. The van der Waals surface area contributed by atoms with Crippen LogP contribution in [-0.2, 0) is 23.7 Å². The van der Waals surface area contributed by atoms with E-state index in [1.165, 1.54) is 19.3 Å². The molecule has 0 atom stereocenters. The molecule has 0 heterocycles. The predicted octanol–water partition coefficient (Wildman–Crippen LogP) is 6.00. The van der Waals surface area contributed by atoms with Gasteiger partial charge in [0.15, 0.2) is 0 Å². The second-order valence-electron chi connectivity index (χ2n) is 6.72. The average Bonchev–Trinajstić information content (AvgIpc) is 2.69. The number of carbonyl (C=O) groups excluding carboxylic acids is 1. The van der Waals surface area contributed by atoms with Crippen LogP contribution in [0.2, 0.25) is 0 Å². The van der Waals surface area contributed by atoms with E-state index in [2.05, 4.69) is 4.99 Å². The minimum absolute atomic E-state index is 0.0481. The van der Waals surface area contributed by atoms with Crippen molar-refractivity contribution in [1.29, 1.82) is 0 Å². The summed E-state index contributed by atoms with van der Waals surface area (Å²) in [5.41, 5.74) is -2.74. The van der Waals surface area contributed by atoms with E-state index in [1.807, 2.05) is 6.92 Å². The van der Waals surface area contributed by atoms with Crippen LogP contribution in [-0.4, -0.2) is 30.8 Å². The maximum absolute atomic E-state index is 13.7. The van der Waals surface area contributed by atoms with Crippen LogP contribution in [0.15, 0.2) is 41.4 Å². The highest BCUT2D eigenvalue weighted by molar-refractivity contribution is 5.92. The number of carbonyl (C=O) groups is 1. The molecule has 0 amide bonds. The van der Waals surface area contributed by atoms with Gasteiger partial charge >= 0.3 is 18.3 Å². The summed E-state index contributed by atoms with van der Waals surface area (Å²) in [6.07, 6.45) is -7.98. The van der Waals surface area contributed by atoms with Crippen LogP contribution in [0.4, 0.5) is 32.0 Å². The molecule has 0 bridgehead atoms. The lowest BCUT2D eigenvalue weighted by atomic mass is 9.99. The molecule has 2 rings (SSSR count). The van der Waals surface area contributed by atoms with Crippen molar-refractivity contribution in [2.24, 2.45) is 4.99 Å². The monoisotopic (exact) mass is 446 g/mol. The molecule has 0 spiro atoms. The molecule has 10 heteroatoms. The summed E-state index contributed by atoms with van der Waals surface area (Å²) in [6.45, 7) is 3.17. The van der Waals surface area contributed by atoms with Gasteiger partial charge in [0.25, 0.3) is 0 Å². The molecule has 0 fully saturated rings. The number of halogens is 6. The summed E-state index contributed by atoms with van der Waals surface area (Å²) in [5, 5.41) is 0. The standard InChI is InChI=1S/C21H20F6N2O2/c1-4-29(3)12-28-17-10-9-16(18(13(17)2)21(25,26)27)19(30)31-11-14-5-7-15(8-6-14)20(22,23)24/h5-10,12H,4,11H2,1-3H3/b28-12+. The van der Waals surface area contributed by atoms with Crippen molar-refractivity contribution in [2.45, 2.75) is 32.8 Å². The van der Waals surface area contributed by atoms with Gasteiger partial charge in [-0.25, -0.2) is 9.79 Å². The van der Waals surface area contributed by atoms with E-state index in [0.29, 0.717) is 6.54 Å². The summed E-state index contributed by atoms with van der Waals surface area (Å²) in [6, 6.07) is 6.04. The Hall–Kier alpha value is -3.04. The van der Waals surface area contributed by atoms with Crippen molar-refractivity contribution in [3.05, 3.63) is 64.2 Å². The van der Waals surface area contributed by atoms with Gasteiger partial charge in [0.05, 0.1) is 28.7 Å². The quantitative estimate of drug-likeness (QED) is 0.237. The molecule has 0 aromatic heterocycles. The first-order valence-corrected chi connectivity index (χ1v) is 9.13. The Kier molecular flexibility index (Phi) is 7.35. The van der Waals surface area contributed by atoms with Crippen LogP contribution in [0.1, 0.15) is 39.5 Å². The lowest BCUT2D eigenvalue weighted by Gasteiger charge is -2.17. The summed E-state index contributed by atoms with van der Waals surface area (Å²) in [4.78, 5) is 18.0. The van der Waals surface area contributed by atoms with Crippen molar-refractivity contribution < 1.29 is 35.9 Å². The van der Waals surface area contributed by atoms with Gasteiger partial charge < -0.3 is 9.64 Å². The molecular formula is C21H20F6N2O2. The number of ether oxygens (including phenoxy) is 1. The average molecular weight is 446 g/mol. The van der Waals surface area contributed by atoms with Gasteiger partial charge in [0.2, 0.25) is 0 Å². The molecule has 2 aromatic rings. The van der Waals surface area contributed by atoms with E-state index >= 15 is 0 Å². The van der Waals surface area contributed by atoms with Crippen molar-refractivity contribution in [1.82, 2.24) is 4.90 Å². The Bertz CT molecular complexity index is 950. The Labute approximate surface area is 175 Å². The molecular weight excluding hydrogens is 426 g/mol. The van der Waals surface area contributed by atoms with Crippen molar-refractivity contribution in [3.8, 4) is 0 Å². The van der Waals surface area contributed by atoms with Crippen LogP contribution in [0.5, 0.6) is 0 Å². The first-order valence-electron chi connectivity index (χ1n) is 9.13. The van der Waals surface area contributed by atoms with Crippen molar-refractivity contribution in [3.63, 3.8) is 0 Å². The SMILES string of the molecule is CCN(C)/C=N/c1ccc(C(=O)OCc2ccc(C(F)(F)F)cc2)c(C(F)(F)F)c1C. The van der Waals surface area contributed by atoms with Gasteiger partial charge in [0.1, 0.15) is 6.61 Å². The molecule has 0 aliphatic rings. The molecule has 2 aromatic carbocycles. The summed E-state index contributed by atoms with van der Waals surface area (Å²) >= 11 is 0. The molecule has 0 aliphatic carbocycles. The minimum Gasteiger partial charge on any atom is -0.457 e. The first-order chi connectivity index (χ1) is 14.3. The van der Waals surface area contributed by atoms with E-state index in [4.69, 9.17) is 4.74 Å². The lowest BCUT2D eigenvalue weighted by Crippen LogP contribution is -2.17. The fraction of sp³-hybridized carbons (Fsp3) is 0.333. The molecule has 0 N–H and O–H groups in total. The minimum atomic E-state index is -4.84. The summed E-state index contributed by atoms with van der Waals surface area (Å²) < 4.78 is 83.7. The fourth-order valence-electron chi connectivity index (χ4n) is 2.63. The molecule has 31 heavy (non-hydrogen) atoms. The molecule has 0 aliphatic heterocycles. The third-order valence-electron chi connectivity index (χ3n) is 4.48. The first kappa shape index (κ1) is 24.2. The van der Waals surface area contributed by atoms with Crippen LogP contribution >= 0.6 is 0 Å². The van der Waals surface area contributed by atoms with Crippen LogP contribution in [0.25, 0.3) is 0 Å². The third kappa shape index (κ3) is 6.22. The van der Waals surface area contributed by atoms with Crippen LogP contribution in [0.3, 0.4) is 0 Å². The lowest BCUT2D eigenvalue weighted by molar-refractivity contribution is -0.139. The highest BCUT2D eigenvalue weighted by Crippen LogP contribution is 2.38. The van der Waals surface area contributed by atoms with E-state index in [0.717, 1.165) is 30.3 Å². The molecule has 0 saturated carbocycles. The van der Waals surface area contributed by atoms with E-state index in [9.17, 15) is 31.1 Å². The summed E-state index contributed by atoms with van der Waals surface area (Å²) in [7, 11) is 1.70. The Morgan fingerprint density at radius 2 is 1.65 bits per heavy atom. The van der Waals surface area contributed by atoms with Crippen molar-refractivity contribution >= 4 is 18.0 Å². The van der Waals surface area contributed by atoms with Gasteiger partial charge in [-0.05, 0) is 49.2 Å². The molecule has 4 nitrogen and oxygen atoms in total. The smallest absolute Gasteiger partial charge is 0.417 e. The number of alkyl halides is 6. The van der Waals surface area contributed by atoms with Gasteiger partial charge in [-0.2, -0.15) is 26.3 Å². The van der Waals surface area contributed by atoms with Crippen LogP contribution < -0.4 is 0 Å². The second kappa shape index (κ2) is 9.40. The second-order valence-corrected chi connectivity index (χ2v) is 6.72. The normalized spacial score (nSPS) is 12.3. The number of benzene rings is 2. The zero-order valence-corrected chi connectivity index (χ0v) is 16.9. The van der Waals surface area contributed by atoms with Gasteiger partial charge in [0, 0.05) is 13.6 Å². The fourth-order valence-corrected chi connectivity index (χ4v) is 2.63. The Balaban J connectivity index is 2.27. The highest BCUT2D eigenvalue weighted by Gasteiger charge is 2.38. The largest absolute Gasteiger partial charge is 0.457 e. The third-order valence-corrected chi connectivity index (χ3v) is 4.48. The predicted molar refractivity (Wildman–Crippen MR) is 103 cm³/mol. The number of rotatable bonds is 6. The topological polar surface area (TPSA) is 41.9 Å². The number of hydrogen-bond acceptors (Lipinski definition) is 3. The van der Waals surface area contributed by atoms with Crippen LogP contribution in [0, 0.1) is 6.92 Å². The number of aliphatic imine (C=N–C) groups is 1. The van der Waals surface area contributed by atoms with E-state index < -0.39 is 41.6 Å². The van der Waals surface area contributed by atoms with Gasteiger partial charge in [-0.3, -0.25) is 0 Å². The number of esters is 1. The van der Waals surface area contributed by atoms with Gasteiger partial charge in [-0.15, -0.1) is 0 Å². The zero-order chi connectivity index (χ0) is 23.4. The van der Waals surface area contributed by atoms with Crippen molar-refractivity contribution in [2.75, 3.05) is 13.6 Å².